The summed E-state index contributed by atoms with van der Waals surface area (Å²) in [6, 6.07) is 0. The van der Waals surface area contributed by atoms with Crippen molar-refractivity contribution in [3.8, 4) is 0 Å². The van der Waals surface area contributed by atoms with Gasteiger partial charge in [0.1, 0.15) is 5.76 Å². The molecule has 2 atom stereocenters. The van der Waals surface area contributed by atoms with Crippen LogP contribution in [0.1, 0.15) is 62.8 Å². The minimum absolute atomic E-state index is 0.585. The lowest BCUT2D eigenvalue weighted by Crippen LogP contribution is -2.25. The first-order chi connectivity index (χ1) is 10.5. The van der Waals surface area contributed by atoms with Gasteiger partial charge in [-0.1, -0.05) is 17.2 Å². The standard InChI is InChI=1S/C19H28O3/c1-13-5-4-6-17(20)18(21)10-8-14(2)11-19-16(9-7-13)15(3)12-22-19/h5,11-12,17-18,20-21H,4,6-10H2,1-3H3/b13-5+,14-11+/t17-,18-/m1/s1. The number of hydrogen-bond acceptors (Lipinski definition) is 3. The highest BCUT2D eigenvalue weighted by Gasteiger charge is 2.16. The average Bonchev–Trinajstić information content (AvgIpc) is 2.82. The second-order valence-electron chi connectivity index (χ2n) is 6.55. The fraction of sp³-hybridized carbons (Fsp3) is 0.579. The lowest BCUT2D eigenvalue weighted by atomic mass is 9.97. The Morgan fingerprint density at radius 1 is 0.955 bits per heavy atom. The van der Waals surface area contributed by atoms with Crippen LogP contribution in [0.4, 0.5) is 0 Å². The van der Waals surface area contributed by atoms with E-state index >= 15 is 0 Å². The fourth-order valence-corrected chi connectivity index (χ4v) is 2.91. The van der Waals surface area contributed by atoms with Gasteiger partial charge in [0.25, 0.3) is 0 Å². The monoisotopic (exact) mass is 304 g/mol. The van der Waals surface area contributed by atoms with Crippen LogP contribution in [0.2, 0.25) is 0 Å². The third kappa shape index (κ3) is 4.59. The van der Waals surface area contributed by atoms with Crippen LogP contribution in [-0.2, 0) is 6.42 Å². The van der Waals surface area contributed by atoms with Gasteiger partial charge in [-0.05, 0) is 70.9 Å². The minimum atomic E-state index is -0.655. The summed E-state index contributed by atoms with van der Waals surface area (Å²) in [4.78, 5) is 0. The van der Waals surface area contributed by atoms with Crippen molar-refractivity contribution in [3.05, 3.63) is 40.4 Å². The topological polar surface area (TPSA) is 53.6 Å². The van der Waals surface area contributed by atoms with E-state index in [4.69, 9.17) is 4.42 Å². The number of hydrogen-bond donors (Lipinski definition) is 2. The quantitative estimate of drug-likeness (QED) is 0.707. The number of allylic oxidation sites excluding steroid dienone is 3. The maximum absolute atomic E-state index is 10.0. The van der Waals surface area contributed by atoms with E-state index in [1.807, 2.05) is 6.26 Å². The Morgan fingerprint density at radius 2 is 1.68 bits per heavy atom. The van der Waals surface area contributed by atoms with Crippen LogP contribution in [0.5, 0.6) is 0 Å². The lowest BCUT2D eigenvalue weighted by molar-refractivity contribution is 0.0108. The van der Waals surface area contributed by atoms with Crippen molar-refractivity contribution in [2.45, 2.75) is 71.5 Å². The number of aliphatic hydroxyl groups is 2. The Kier molecular flexibility index (Phi) is 6.04. The Labute approximate surface area is 133 Å². The van der Waals surface area contributed by atoms with Crippen molar-refractivity contribution in [1.82, 2.24) is 0 Å². The van der Waals surface area contributed by atoms with Crippen molar-refractivity contribution >= 4 is 6.08 Å². The summed E-state index contributed by atoms with van der Waals surface area (Å²) in [6.07, 6.45) is 9.56. The number of rotatable bonds is 0. The van der Waals surface area contributed by atoms with E-state index in [1.165, 1.54) is 22.3 Å². The largest absolute Gasteiger partial charge is 0.464 e. The molecular formula is C19H28O3. The van der Waals surface area contributed by atoms with E-state index in [1.54, 1.807) is 0 Å². The van der Waals surface area contributed by atoms with Crippen molar-refractivity contribution in [3.63, 3.8) is 0 Å². The van der Waals surface area contributed by atoms with E-state index in [0.29, 0.717) is 12.8 Å². The Bertz CT molecular complexity index is 551. The second-order valence-corrected chi connectivity index (χ2v) is 6.55. The highest BCUT2D eigenvalue weighted by molar-refractivity contribution is 5.53. The molecule has 3 nitrogen and oxygen atoms in total. The summed E-state index contributed by atoms with van der Waals surface area (Å²) >= 11 is 0. The predicted octanol–water partition coefficient (Wildman–Crippen LogP) is 4.17. The summed E-state index contributed by atoms with van der Waals surface area (Å²) in [5.41, 5.74) is 4.98. The van der Waals surface area contributed by atoms with Crippen LogP contribution in [0, 0.1) is 6.92 Å². The molecule has 1 aromatic heterocycles. The highest BCUT2D eigenvalue weighted by Crippen LogP contribution is 2.24. The van der Waals surface area contributed by atoms with Gasteiger partial charge in [-0.2, -0.15) is 0 Å². The first kappa shape index (κ1) is 17.0. The minimum Gasteiger partial charge on any atom is -0.464 e. The summed E-state index contributed by atoms with van der Waals surface area (Å²) in [6.45, 7) is 6.27. The summed E-state index contributed by atoms with van der Waals surface area (Å²) in [7, 11) is 0. The van der Waals surface area contributed by atoms with Crippen molar-refractivity contribution < 1.29 is 14.6 Å². The highest BCUT2D eigenvalue weighted by atomic mass is 16.3. The van der Waals surface area contributed by atoms with Crippen LogP contribution >= 0.6 is 0 Å². The summed E-state index contributed by atoms with van der Waals surface area (Å²) in [5.74, 6) is 0.940. The molecule has 0 radical (unpaired) electrons. The van der Waals surface area contributed by atoms with Gasteiger partial charge in [-0.3, -0.25) is 0 Å². The molecule has 0 aliphatic heterocycles. The molecule has 22 heavy (non-hydrogen) atoms. The first-order valence-electron chi connectivity index (χ1n) is 8.23. The van der Waals surface area contributed by atoms with Gasteiger partial charge in [0.2, 0.25) is 0 Å². The van der Waals surface area contributed by atoms with Gasteiger partial charge in [-0.25, -0.2) is 0 Å². The van der Waals surface area contributed by atoms with Crippen molar-refractivity contribution in [1.29, 1.82) is 0 Å². The molecule has 2 rings (SSSR count). The summed E-state index contributed by atoms with van der Waals surface area (Å²) in [5, 5.41) is 20.1. The Hall–Kier alpha value is -1.32. The molecular weight excluding hydrogens is 276 g/mol. The molecule has 0 fully saturated rings. The molecule has 3 heteroatoms. The van der Waals surface area contributed by atoms with Crippen molar-refractivity contribution in [2.24, 2.45) is 0 Å². The zero-order valence-corrected chi connectivity index (χ0v) is 13.9. The number of furan rings is 1. The molecule has 1 aliphatic rings. The molecule has 0 unspecified atom stereocenters. The van der Waals surface area contributed by atoms with E-state index in [2.05, 4.69) is 32.9 Å². The number of fused-ring (bicyclic) bond motifs is 1. The third-order valence-electron chi connectivity index (χ3n) is 4.52. The normalized spacial score (nSPS) is 29.7. The van der Waals surface area contributed by atoms with Crippen LogP contribution in [0.15, 0.2) is 27.9 Å². The molecule has 1 aliphatic carbocycles. The maximum Gasteiger partial charge on any atom is 0.130 e. The molecule has 1 heterocycles. The van der Waals surface area contributed by atoms with E-state index < -0.39 is 12.2 Å². The van der Waals surface area contributed by atoms with Crippen LogP contribution in [0.25, 0.3) is 6.08 Å². The van der Waals surface area contributed by atoms with Crippen molar-refractivity contribution in [2.75, 3.05) is 0 Å². The SMILES string of the molecule is C/C1=C\CC[C@@H](O)[C@H](O)CC/C(C)=C/c2occ(C)c2CC1. The van der Waals surface area contributed by atoms with E-state index in [0.717, 1.165) is 31.4 Å². The zero-order chi connectivity index (χ0) is 16.1. The molecule has 1 aromatic rings. The molecule has 122 valence electrons. The molecule has 0 aromatic carbocycles. The predicted molar refractivity (Wildman–Crippen MR) is 89.7 cm³/mol. The fourth-order valence-electron chi connectivity index (χ4n) is 2.91. The average molecular weight is 304 g/mol. The van der Waals surface area contributed by atoms with Gasteiger partial charge in [-0.15, -0.1) is 0 Å². The third-order valence-corrected chi connectivity index (χ3v) is 4.52. The molecule has 0 amide bonds. The zero-order valence-electron chi connectivity index (χ0n) is 13.9. The number of aliphatic hydroxyl groups excluding tert-OH is 2. The van der Waals surface area contributed by atoms with Gasteiger partial charge in [0.15, 0.2) is 0 Å². The smallest absolute Gasteiger partial charge is 0.130 e. The maximum atomic E-state index is 10.0. The van der Waals surface area contributed by atoms with Gasteiger partial charge in [0.05, 0.1) is 18.5 Å². The molecule has 0 bridgehead atoms. The first-order valence-corrected chi connectivity index (χ1v) is 8.23. The van der Waals surface area contributed by atoms with Crippen LogP contribution in [0.3, 0.4) is 0 Å². The molecule has 0 saturated heterocycles. The second kappa shape index (κ2) is 7.80. The molecule has 2 N–H and O–H groups in total. The van der Waals surface area contributed by atoms with Gasteiger partial charge < -0.3 is 14.6 Å². The van der Waals surface area contributed by atoms with Gasteiger partial charge >= 0.3 is 0 Å². The van der Waals surface area contributed by atoms with E-state index in [9.17, 15) is 10.2 Å². The Morgan fingerprint density at radius 3 is 2.45 bits per heavy atom. The molecule has 0 spiro atoms. The molecule has 0 saturated carbocycles. The van der Waals surface area contributed by atoms with Crippen LogP contribution < -0.4 is 0 Å². The van der Waals surface area contributed by atoms with Crippen LogP contribution in [-0.4, -0.2) is 22.4 Å². The Balaban J connectivity index is 2.24. The van der Waals surface area contributed by atoms with Gasteiger partial charge in [0, 0.05) is 5.56 Å². The number of aryl methyl sites for hydroxylation is 1. The lowest BCUT2D eigenvalue weighted by Gasteiger charge is -2.17. The van der Waals surface area contributed by atoms with E-state index in [-0.39, 0.29) is 0 Å². The summed E-state index contributed by atoms with van der Waals surface area (Å²) < 4.78 is 5.69.